The van der Waals surface area contributed by atoms with E-state index in [4.69, 9.17) is 4.74 Å². The smallest absolute Gasteiger partial charge is 0.123 e. The molecule has 1 N–H and O–H groups in total. The van der Waals surface area contributed by atoms with Crippen molar-refractivity contribution in [1.29, 1.82) is 0 Å². The van der Waals surface area contributed by atoms with Crippen molar-refractivity contribution in [2.45, 2.75) is 38.8 Å². The molecule has 0 aliphatic heterocycles. The predicted molar refractivity (Wildman–Crippen MR) is 76.4 cm³/mol. The maximum atomic E-state index is 13.3. The Hall–Kier alpha value is -0.450. The summed E-state index contributed by atoms with van der Waals surface area (Å²) in [7, 11) is 1.90. The number of halogens is 2. The Morgan fingerprint density at radius 3 is 2.67 bits per heavy atom. The maximum Gasteiger partial charge on any atom is 0.123 e. The molecule has 4 heteroatoms. The average molecular weight is 318 g/mol. The quantitative estimate of drug-likeness (QED) is 0.866. The number of nitrogens with one attached hydrogen (secondary N) is 1. The van der Waals surface area contributed by atoms with E-state index in [0.717, 1.165) is 10.0 Å². The Kier molecular flexibility index (Phi) is 5.76. The summed E-state index contributed by atoms with van der Waals surface area (Å²) in [5.41, 5.74) is 0.650. The van der Waals surface area contributed by atoms with Gasteiger partial charge < -0.3 is 10.1 Å². The largest absolute Gasteiger partial charge is 0.374 e. The second-order valence-corrected chi connectivity index (χ2v) is 5.67. The first kappa shape index (κ1) is 15.6. The van der Waals surface area contributed by atoms with Gasteiger partial charge in [0.25, 0.3) is 0 Å². The maximum absolute atomic E-state index is 13.3. The summed E-state index contributed by atoms with van der Waals surface area (Å²) in [6.45, 7) is 6.73. The lowest BCUT2D eigenvalue weighted by molar-refractivity contribution is -0.0363. The summed E-state index contributed by atoms with van der Waals surface area (Å²) in [5, 5.41) is 3.25. The van der Waals surface area contributed by atoms with Gasteiger partial charge in [-0.2, -0.15) is 0 Å². The molecule has 0 spiro atoms. The molecule has 0 aromatic heterocycles. The van der Waals surface area contributed by atoms with E-state index in [-0.39, 0.29) is 17.5 Å². The summed E-state index contributed by atoms with van der Waals surface area (Å²) in [4.78, 5) is 0. The van der Waals surface area contributed by atoms with E-state index in [1.165, 1.54) is 6.07 Å². The van der Waals surface area contributed by atoms with E-state index in [9.17, 15) is 4.39 Å². The Morgan fingerprint density at radius 1 is 1.44 bits per heavy atom. The molecule has 0 amide bonds. The average Bonchev–Trinajstić information content (AvgIpc) is 2.29. The first-order chi connectivity index (χ1) is 8.40. The zero-order valence-electron chi connectivity index (χ0n) is 11.4. The first-order valence-corrected chi connectivity index (χ1v) is 6.95. The molecule has 1 atom stereocenters. The van der Waals surface area contributed by atoms with E-state index in [2.05, 4.69) is 21.2 Å². The van der Waals surface area contributed by atoms with Gasteiger partial charge in [-0.15, -0.1) is 0 Å². The van der Waals surface area contributed by atoms with Crippen LogP contribution < -0.4 is 5.32 Å². The molecule has 18 heavy (non-hydrogen) atoms. The fraction of sp³-hybridized carbons (Fsp3) is 0.571. The molecule has 0 radical (unpaired) electrons. The molecule has 1 aromatic carbocycles. The predicted octanol–water partition coefficient (Wildman–Crippen LogP) is 3.53. The molecule has 1 unspecified atom stereocenters. The lowest BCUT2D eigenvalue weighted by atomic mass is 9.92. The minimum atomic E-state index is -0.296. The van der Waals surface area contributed by atoms with Crippen LogP contribution in [-0.4, -0.2) is 25.3 Å². The lowest BCUT2D eigenvalue weighted by Crippen LogP contribution is -2.48. The van der Waals surface area contributed by atoms with Gasteiger partial charge in [-0.25, -0.2) is 4.39 Å². The van der Waals surface area contributed by atoms with Crippen LogP contribution >= 0.6 is 15.9 Å². The van der Waals surface area contributed by atoms with Crippen LogP contribution in [0.3, 0.4) is 0 Å². The fourth-order valence-corrected chi connectivity index (χ4v) is 2.50. The third kappa shape index (κ3) is 4.04. The summed E-state index contributed by atoms with van der Waals surface area (Å²) >= 11 is 3.46. The van der Waals surface area contributed by atoms with Crippen LogP contribution in [0, 0.1) is 5.82 Å². The van der Waals surface area contributed by atoms with Crippen LogP contribution in [0.15, 0.2) is 22.7 Å². The van der Waals surface area contributed by atoms with Gasteiger partial charge >= 0.3 is 0 Å². The van der Waals surface area contributed by atoms with Crippen molar-refractivity contribution in [2.24, 2.45) is 0 Å². The van der Waals surface area contributed by atoms with Gasteiger partial charge in [-0.1, -0.05) is 15.9 Å². The van der Waals surface area contributed by atoms with Crippen LogP contribution in [0.4, 0.5) is 4.39 Å². The van der Waals surface area contributed by atoms with E-state index in [1.807, 2.05) is 27.8 Å². The monoisotopic (exact) mass is 317 g/mol. The SMILES string of the molecule is CCOC(C)(C)C(Cc1cc(F)ccc1Br)NC. The van der Waals surface area contributed by atoms with Crippen molar-refractivity contribution in [1.82, 2.24) is 5.32 Å². The summed E-state index contributed by atoms with van der Waals surface area (Å²) in [6.07, 6.45) is 0.710. The molecule has 0 bridgehead atoms. The number of benzene rings is 1. The second-order valence-electron chi connectivity index (χ2n) is 4.82. The van der Waals surface area contributed by atoms with Crippen LogP contribution in [0.25, 0.3) is 0 Å². The number of hydrogen-bond donors (Lipinski definition) is 1. The summed E-state index contributed by atoms with van der Waals surface area (Å²) in [5.74, 6) is -0.211. The summed E-state index contributed by atoms with van der Waals surface area (Å²) < 4.78 is 20.0. The number of ether oxygens (including phenoxy) is 1. The van der Waals surface area contributed by atoms with Crippen LogP contribution in [-0.2, 0) is 11.2 Å². The van der Waals surface area contributed by atoms with E-state index < -0.39 is 0 Å². The minimum absolute atomic E-state index is 0.121. The standard InChI is InChI=1S/C14H21BrFNO/c1-5-18-14(2,3)13(17-4)9-10-8-11(16)6-7-12(10)15/h6-8,13,17H,5,9H2,1-4H3. The zero-order chi connectivity index (χ0) is 13.8. The van der Waals surface area contributed by atoms with E-state index >= 15 is 0 Å². The van der Waals surface area contributed by atoms with Crippen LogP contribution in [0.5, 0.6) is 0 Å². The second kappa shape index (κ2) is 6.64. The van der Waals surface area contributed by atoms with Crippen LogP contribution in [0.1, 0.15) is 26.3 Å². The van der Waals surface area contributed by atoms with Gasteiger partial charge in [0, 0.05) is 17.1 Å². The van der Waals surface area contributed by atoms with Crippen molar-refractivity contribution in [2.75, 3.05) is 13.7 Å². The van der Waals surface area contributed by atoms with Crippen molar-refractivity contribution >= 4 is 15.9 Å². The highest BCUT2D eigenvalue weighted by Gasteiger charge is 2.29. The van der Waals surface area contributed by atoms with Gasteiger partial charge in [0.2, 0.25) is 0 Å². The highest BCUT2D eigenvalue weighted by atomic mass is 79.9. The van der Waals surface area contributed by atoms with Crippen LogP contribution in [0.2, 0.25) is 0 Å². The molecule has 102 valence electrons. The van der Waals surface area contributed by atoms with Gasteiger partial charge in [0.1, 0.15) is 5.82 Å². The molecule has 0 aliphatic carbocycles. The van der Waals surface area contributed by atoms with Gasteiger partial charge in [0.15, 0.2) is 0 Å². The molecule has 0 saturated heterocycles. The van der Waals surface area contributed by atoms with Crippen molar-refractivity contribution in [3.63, 3.8) is 0 Å². The molecule has 0 heterocycles. The highest BCUT2D eigenvalue weighted by Crippen LogP contribution is 2.24. The lowest BCUT2D eigenvalue weighted by Gasteiger charge is -2.34. The van der Waals surface area contributed by atoms with E-state index in [1.54, 1.807) is 12.1 Å². The molecule has 2 nitrogen and oxygen atoms in total. The van der Waals surface area contributed by atoms with Crippen molar-refractivity contribution < 1.29 is 9.13 Å². The molecular formula is C14H21BrFNO. The van der Waals surface area contributed by atoms with Crippen molar-refractivity contribution in [3.8, 4) is 0 Å². The Labute approximate surface area is 117 Å². The minimum Gasteiger partial charge on any atom is -0.374 e. The Balaban J connectivity index is 2.89. The molecule has 0 fully saturated rings. The fourth-order valence-electron chi connectivity index (χ4n) is 2.09. The molecular weight excluding hydrogens is 297 g/mol. The number of rotatable bonds is 6. The Bertz CT molecular complexity index is 395. The molecule has 0 saturated carbocycles. The zero-order valence-corrected chi connectivity index (χ0v) is 13.0. The first-order valence-electron chi connectivity index (χ1n) is 6.16. The van der Waals surface area contributed by atoms with Gasteiger partial charge in [-0.3, -0.25) is 0 Å². The normalized spacial score (nSPS) is 13.7. The Morgan fingerprint density at radius 2 is 2.11 bits per heavy atom. The highest BCUT2D eigenvalue weighted by molar-refractivity contribution is 9.10. The molecule has 1 rings (SSSR count). The van der Waals surface area contributed by atoms with E-state index in [0.29, 0.717) is 13.0 Å². The van der Waals surface area contributed by atoms with Crippen molar-refractivity contribution in [3.05, 3.63) is 34.1 Å². The van der Waals surface area contributed by atoms with Gasteiger partial charge in [0.05, 0.1) is 5.60 Å². The van der Waals surface area contributed by atoms with Gasteiger partial charge in [-0.05, 0) is 58.0 Å². The molecule has 1 aromatic rings. The third-order valence-electron chi connectivity index (χ3n) is 3.14. The molecule has 0 aliphatic rings. The third-order valence-corrected chi connectivity index (χ3v) is 3.91. The topological polar surface area (TPSA) is 21.3 Å². The number of likely N-dealkylation sites (N-methyl/N-ethyl adjacent to an activating group) is 1. The number of hydrogen-bond acceptors (Lipinski definition) is 2. The summed E-state index contributed by atoms with van der Waals surface area (Å²) in [6, 6.07) is 4.88.